The summed E-state index contributed by atoms with van der Waals surface area (Å²) >= 11 is 0. The summed E-state index contributed by atoms with van der Waals surface area (Å²) in [6.07, 6.45) is 6.30. The fraction of sp³-hybridized carbons (Fsp3) is 0.211. The number of carbonyl (C=O) groups is 1. The van der Waals surface area contributed by atoms with Crippen molar-refractivity contribution in [2.24, 2.45) is 5.92 Å². The summed E-state index contributed by atoms with van der Waals surface area (Å²) in [4.78, 5) is 23.7. The molecule has 0 saturated heterocycles. The molecule has 0 radical (unpaired) electrons. The molecule has 0 bridgehead atoms. The van der Waals surface area contributed by atoms with E-state index in [1.807, 2.05) is 24.4 Å². The molecule has 1 aliphatic rings. The molecule has 4 aromatic heterocycles. The molecule has 1 aliphatic carbocycles. The average molecular weight is 365 g/mol. The fourth-order valence-corrected chi connectivity index (χ4v) is 3.35. The van der Waals surface area contributed by atoms with Crippen LogP contribution in [0.3, 0.4) is 0 Å². The lowest BCUT2D eigenvalue weighted by Gasteiger charge is -2.09. The molecule has 1 amide bonds. The summed E-state index contributed by atoms with van der Waals surface area (Å²) in [5.41, 5.74) is 3.86. The lowest BCUT2D eigenvalue weighted by atomic mass is 10.0. The van der Waals surface area contributed by atoms with Crippen LogP contribution in [0, 0.1) is 5.92 Å². The van der Waals surface area contributed by atoms with Crippen LogP contribution in [0.5, 0.6) is 0 Å². The Bertz CT molecular complexity index is 1180. The zero-order valence-corrected chi connectivity index (χ0v) is 14.2. The molecule has 8 heteroatoms. The van der Waals surface area contributed by atoms with E-state index in [-0.39, 0.29) is 18.9 Å². The summed E-state index contributed by atoms with van der Waals surface area (Å²) in [6, 6.07) is 5.60. The van der Waals surface area contributed by atoms with Gasteiger partial charge in [0, 0.05) is 35.1 Å². The molecule has 1 saturated carbocycles. The Morgan fingerprint density at radius 2 is 2.22 bits per heavy atom. The highest BCUT2D eigenvalue weighted by Crippen LogP contribution is 2.34. The molecule has 136 valence electrons. The third-order valence-electron chi connectivity index (χ3n) is 4.92. The topological polar surface area (TPSA) is 95.3 Å². The average Bonchev–Trinajstić information content (AvgIpc) is 3.07. The Kier molecular flexibility index (Phi) is 3.48. The number of alkyl halides is 1. The number of anilines is 1. The van der Waals surface area contributed by atoms with Crippen LogP contribution in [0.2, 0.25) is 0 Å². The third-order valence-corrected chi connectivity index (χ3v) is 4.92. The minimum atomic E-state index is -1.04. The molecule has 0 aromatic carbocycles. The van der Waals surface area contributed by atoms with Crippen molar-refractivity contribution in [3.63, 3.8) is 0 Å². The van der Waals surface area contributed by atoms with E-state index in [4.69, 9.17) is 0 Å². The number of halogens is 1. The first-order valence-electron chi connectivity index (χ1n) is 8.64. The van der Waals surface area contributed by atoms with Gasteiger partial charge in [-0.25, -0.2) is 14.4 Å². The zero-order valence-electron chi connectivity index (χ0n) is 14.2. The van der Waals surface area contributed by atoms with E-state index in [2.05, 4.69) is 20.3 Å². The molecule has 27 heavy (non-hydrogen) atoms. The van der Waals surface area contributed by atoms with E-state index in [1.54, 1.807) is 23.0 Å². The van der Waals surface area contributed by atoms with Gasteiger partial charge in [-0.1, -0.05) is 0 Å². The number of aromatic nitrogens is 4. The molecule has 0 spiro atoms. The molecule has 1 fully saturated rings. The van der Waals surface area contributed by atoms with Gasteiger partial charge in [0.25, 0.3) is 0 Å². The number of aliphatic hydroxyl groups is 1. The summed E-state index contributed by atoms with van der Waals surface area (Å²) in [5.74, 6) is -0.509. The van der Waals surface area contributed by atoms with Crippen molar-refractivity contribution in [2.45, 2.75) is 19.2 Å². The molecule has 4 aromatic rings. The number of pyridine rings is 2. The van der Waals surface area contributed by atoms with Crippen molar-refractivity contribution in [3.05, 3.63) is 48.5 Å². The SMILES string of the molecule is O=C(Nc1cn2cc(-c3cnc4[nH]ccc4c3CO)ccc2n1)C1CC1F. The highest BCUT2D eigenvalue weighted by Gasteiger charge is 2.43. The van der Waals surface area contributed by atoms with E-state index >= 15 is 0 Å². The van der Waals surface area contributed by atoms with Crippen molar-refractivity contribution in [1.29, 1.82) is 0 Å². The first-order valence-corrected chi connectivity index (χ1v) is 8.64. The predicted molar refractivity (Wildman–Crippen MR) is 97.8 cm³/mol. The van der Waals surface area contributed by atoms with Crippen LogP contribution in [0.15, 0.2) is 43.0 Å². The van der Waals surface area contributed by atoms with Crippen molar-refractivity contribution < 1.29 is 14.3 Å². The smallest absolute Gasteiger partial charge is 0.231 e. The molecule has 2 unspecified atom stereocenters. The van der Waals surface area contributed by atoms with Gasteiger partial charge in [0.2, 0.25) is 5.91 Å². The lowest BCUT2D eigenvalue weighted by molar-refractivity contribution is -0.117. The minimum Gasteiger partial charge on any atom is -0.392 e. The number of carbonyl (C=O) groups excluding carboxylic acids is 1. The second kappa shape index (κ2) is 5.88. The van der Waals surface area contributed by atoms with Gasteiger partial charge in [-0.15, -0.1) is 0 Å². The van der Waals surface area contributed by atoms with E-state index < -0.39 is 12.1 Å². The number of hydrogen-bond donors (Lipinski definition) is 3. The third kappa shape index (κ3) is 2.65. The molecule has 2 atom stereocenters. The Morgan fingerprint density at radius 3 is 3.00 bits per heavy atom. The summed E-state index contributed by atoms with van der Waals surface area (Å²) in [6.45, 7) is -0.110. The van der Waals surface area contributed by atoms with Crippen LogP contribution in [0.4, 0.5) is 10.2 Å². The number of fused-ring (bicyclic) bond motifs is 2. The Hall–Kier alpha value is -3.26. The van der Waals surface area contributed by atoms with Gasteiger partial charge in [-0.05, 0) is 30.2 Å². The highest BCUT2D eigenvalue weighted by atomic mass is 19.1. The van der Waals surface area contributed by atoms with Crippen LogP contribution in [0.25, 0.3) is 27.8 Å². The fourth-order valence-electron chi connectivity index (χ4n) is 3.35. The number of imidazole rings is 1. The van der Waals surface area contributed by atoms with Crippen molar-refractivity contribution in [2.75, 3.05) is 5.32 Å². The number of nitrogens with one attached hydrogen (secondary N) is 2. The molecule has 7 nitrogen and oxygen atoms in total. The normalized spacial score (nSPS) is 18.9. The minimum absolute atomic E-state index is 0.110. The van der Waals surface area contributed by atoms with E-state index in [0.29, 0.717) is 11.5 Å². The zero-order chi connectivity index (χ0) is 18.5. The Labute approximate surface area is 152 Å². The van der Waals surface area contributed by atoms with E-state index in [0.717, 1.165) is 27.7 Å². The van der Waals surface area contributed by atoms with Gasteiger partial charge in [0.15, 0.2) is 5.82 Å². The second-order valence-electron chi connectivity index (χ2n) is 6.71. The van der Waals surface area contributed by atoms with Crippen molar-refractivity contribution in [1.82, 2.24) is 19.4 Å². The maximum atomic E-state index is 13.0. The maximum Gasteiger partial charge on any atom is 0.231 e. The van der Waals surface area contributed by atoms with E-state index in [1.165, 1.54) is 0 Å². The molecular formula is C19H16FN5O2. The summed E-state index contributed by atoms with van der Waals surface area (Å²) in [7, 11) is 0. The largest absolute Gasteiger partial charge is 0.392 e. The number of aliphatic hydroxyl groups excluding tert-OH is 1. The van der Waals surface area contributed by atoms with E-state index in [9.17, 15) is 14.3 Å². The monoisotopic (exact) mass is 365 g/mol. The van der Waals surface area contributed by atoms with Gasteiger partial charge in [-0.2, -0.15) is 0 Å². The predicted octanol–water partition coefficient (Wildman–Crippen LogP) is 2.67. The van der Waals surface area contributed by atoms with Gasteiger partial charge in [0.05, 0.1) is 18.7 Å². The van der Waals surface area contributed by atoms with Crippen LogP contribution in [-0.4, -0.2) is 36.5 Å². The Morgan fingerprint density at radius 1 is 1.37 bits per heavy atom. The summed E-state index contributed by atoms with van der Waals surface area (Å²) in [5, 5.41) is 13.4. The van der Waals surface area contributed by atoms with Crippen LogP contribution in [0.1, 0.15) is 12.0 Å². The number of aromatic amines is 1. The van der Waals surface area contributed by atoms with Gasteiger partial charge in [0.1, 0.15) is 17.5 Å². The molecule has 5 rings (SSSR count). The lowest BCUT2D eigenvalue weighted by Crippen LogP contribution is -2.15. The molecular weight excluding hydrogens is 349 g/mol. The number of nitrogens with zero attached hydrogens (tertiary/aromatic N) is 3. The molecule has 3 N–H and O–H groups in total. The van der Waals surface area contributed by atoms with Crippen LogP contribution >= 0.6 is 0 Å². The van der Waals surface area contributed by atoms with Crippen LogP contribution in [-0.2, 0) is 11.4 Å². The second-order valence-corrected chi connectivity index (χ2v) is 6.71. The first-order chi connectivity index (χ1) is 13.1. The molecule has 0 aliphatic heterocycles. The quantitative estimate of drug-likeness (QED) is 0.518. The highest BCUT2D eigenvalue weighted by molar-refractivity contribution is 5.94. The standard InChI is InChI=1S/C19H16FN5O2/c20-15-5-12(15)19(27)24-16-8-25-7-10(1-2-17(25)23-16)13-6-22-18-11(3-4-21-18)14(13)9-26/h1-4,6-8,12,15,26H,5,9H2,(H,21,22)(H,24,27). The molecule has 4 heterocycles. The van der Waals surface area contributed by atoms with Crippen molar-refractivity contribution >= 4 is 28.4 Å². The number of rotatable bonds is 4. The van der Waals surface area contributed by atoms with Gasteiger partial charge < -0.3 is 19.8 Å². The number of H-pyrrole nitrogens is 1. The number of amides is 1. The van der Waals surface area contributed by atoms with Crippen molar-refractivity contribution in [3.8, 4) is 11.1 Å². The van der Waals surface area contributed by atoms with Gasteiger partial charge >= 0.3 is 0 Å². The maximum absolute atomic E-state index is 13.0. The summed E-state index contributed by atoms with van der Waals surface area (Å²) < 4.78 is 14.8. The first kappa shape index (κ1) is 16.0. The van der Waals surface area contributed by atoms with Gasteiger partial charge in [-0.3, -0.25) is 4.79 Å². The van der Waals surface area contributed by atoms with Crippen LogP contribution < -0.4 is 5.32 Å². The Balaban J connectivity index is 1.52. The number of hydrogen-bond acceptors (Lipinski definition) is 4.